The van der Waals surface area contributed by atoms with Crippen LogP contribution in [0.4, 0.5) is 5.69 Å². The van der Waals surface area contributed by atoms with Gasteiger partial charge in [0, 0.05) is 33.0 Å². The van der Waals surface area contributed by atoms with E-state index in [2.05, 4.69) is 53.7 Å². The summed E-state index contributed by atoms with van der Waals surface area (Å²) in [6.07, 6.45) is 0. The van der Waals surface area contributed by atoms with Crippen LogP contribution in [-0.2, 0) is 10.8 Å². The van der Waals surface area contributed by atoms with Crippen molar-refractivity contribution in [3.8, 4) is 11.1 Å². The SMILES string of the molecule is CC(C)(C)c1cc(C(C)(C)C)c2oc3c(-c4ccc(Cl)cc4[N+](=O)[O-])cccc3c2c1. The highest BCUT2D eigenvalue weighted by molar-refractivity contribution is 6.31. The van der Waals surface area contributed by atoms with Crippen molar-refractivity contribution >= 4 is 39.2 Å². The van der Waals surface area contributed by atoms with Crippen molar-refractivity contribution in [2.45, 2.75) is 52.4 Å². The molecular weight excluding hydrogens is 410 g/mol. The first kappa shape index (κ1) is 21.4. The molecular formula is C26H26ClNO3. The van der Waals surface area contributed by atoms with Gasteiger partial charge in [-0.15, -0.1) is 0 Å². The Morgan fingerprint density at radius 2 is 1.55 bits per heavy atom. The van der Waals surface area contributed by atoms with Gasteiger partial charge in [0.05, 0.1) is 10.5 Å². The molecule has 4 nitrogen and oxygen atoms in total. The van der Waals surface area contributed by atoms with E-state index in [9.17, 15) is 10.1 Å². The van der Waals surface area contributed by atoms with Gasteiger partial charge in [0.2, 0.25) is 0 Å². The third kappa shape index (κ3) is 3.70. The summed E-state index contributed by atoms with van der Waals surface area (Å²) in [5.41, 5.74) is 4.84. The highest BCUT2D eigenvalue weighted by Crippen LogP contribution is 2.44. The van der Waals surface area contributed by atoms with E-state index in [0.29, 0.717) is 21.7 Å². The minimum Gasteiger partial charge on any atom is -0.455 e. The van der Waals surface area contributed by atoms with Crippen LogP contribution in [0.3, 0.4) is 0 Å². The number of fused-ring (bicyclic) bond motifs is 3. The molecule has 1 heterocycles. The minimum absolute atomic E-state index is 0.0235. The van der Waals surface area contributed by atoms with Crippen molar-refractivity contribution < 1.29 is 9.34 Å². The quantitative estimate of drug-likeness (QED) is 0.234. The van der Waals surface area contributed by atoms with E-state index < -0.39 is 4.92 Å². The Hall–Kier alpha value is -2.85. The van der Waals surface area contributed by atoms with E-state index in [-0.39, 0.29) is 16.5 Å². The van der Waals surface area contributed by atoms with Gasteiger partial charge in [-0.1, -0.05) is 77.4 Å². The summed E-state index contributed by atoms with van der Waals surface area (Å²) in [5.74, 6) is 0. The largest absolute Gasteiger partial charge is 0.455 e. The van der Waals surface area contributed by atoms with E-state index in [4.69, 9.17) is 16.0 Å². The Morgan fingerprint density at radius 1 is 0.839 bits per heavy atom. The average Bonchev–Trinajstić information content (AvgIpc) is 3.04. The highest BCUT2D eigenvalue weighted by atomic mass is 35.5. The van der Waals surface area contributed by atoms with Gasteiger partial charge >= 0.3 is 0 Å². The van der Waals surface area contributed by atoms with Crippen LogP contribution < -0.4 is 0 Å². The van der Waals surface area contributed by atoms with E-state index in [1.165, 1.54) is 11.6 Å². The zero-order chi connectivity index (χ0) is 22.7. The molecule has 1 aromatic heterocycles. The second-order valence-electron chi connectivity index (χ2n) is 10.1. The van der Waals surface area contributed by atoms with Gasteiger partial charge in [-0.3, -0.25) is 10.1 Å². The maximum absolute atomic E-state index is 11.7. The van der Waals surface area contributed by atoms with Gasteiger partial charge in [-0.2, -0.15) is 0 Å². The van der Waals surface area contributed by atoms with Crippen LogP contribution in [0.15, 0.2) is 52.9 Å². The topological polar surface area (TPSA) is 56.3 Å². The van der Waals surface area contributed by atoms with Crippen LogP contribution in [-0.4, -0.2) is 4.92 Å². The summed E-state index contributed by atoms with van der Waals surface area (Å²) in [7, 11) is 0. The zero-order valence-corrected chi connectivity index (χ0v) is 19.4. The van der Waals surface area contributed by atoms with Crippen LogP contribution in [0.5, 0.6) is 0 Å². The van der Waals surface area contributed by atoms with Crippen LogP contribution in [0.1, 0.15) is 52.7 Å². The van der Waals surface area contributed by atoms with Crippen LogP contribution in [0, 0.1) is 10.1 Å². The smallest absolute Gasteiger partial charge is 0.278 e. The molecule has 0 saturated carbocycles. The molecule has 0 saturated heterocycles. The lowest BCUT2D eigenvalue weighted by Crippen LogP contribution is -2.16. The number of hydrogen-bond donors (Lipinski definition) is 0. The second kappa shape index (κ2) is 7.10. The number of nitro benzene ring substituents is 1. The van der Waals surface area contributed by atoms with Gasteiger partial charge in [-0.05, 0) is 34.6 Å². The standard InChI is InChI=1S/C26H26ClNO3/c1-25(2,3)15-12-20-19-9-7-8-18(17-11-10-16(27)14-22(17)28(29)30)23(19)31-24(20)21(13-15)26(4,5)6/h7-14H,1-6H3. The molecule has 4 aromatic rings. The second-order valence-corrected chi connectivity index (χ2v) is 10.5. The van der Waals surface area contributed by atoms with Crippen molar-refractivity contribution in [3.63, 3.8) is 0 Å². The lowest BCUT2D eigenvalue weighted by Gasteiger charge is -2.25. The van der Waals surface area contributed by atoms with E-state index in [0.717, 1.165) is 21.9 Å². The third-order valence-electron chi connectivity index (χ3n) is 5.72. The molecule has 4 rings (SSSR count). The minimum atomic E-state index is -0.402. The van der Waals surface area contributed by atoms with Gasteiger partial charge < -0.3 is 4.42 Å². The summed E-state index contributed by atoms with van der Waals surface area (Å²) < 4.78 is 6.47. The normalized spacial score (nSPS) is 12.6. The van der Waals surface area contributed by atoms with Crippen LogP contribution in [0.25, 0.3) is 33.1 Å². The lowest BCUT2D eigenvalue weighted by molar-refractivity contribution is -0.384. The van der Waals surface area contributed by atoms with Crippen molar-refractivity contribution in [1.29, 1.82) is 0 Å². The molecule has 3 aromatic carbocycles. The van der Waals surface area contributed by atoms with E-state index in [1.807, 2.05) is 18.2 Å². The predicted octanol–water partition coefficient (Wildman–Crippen LogP) is 8.41. The summed E-state index contributed by atoms with van der Waals surface area (Å²) in [4.78, 5) is 11.3. The van der Waals surface area contributed by atoms with Crippen molar-refractivity contribution in [1.82, 2.24) is 0 Å². The number of hydrogen-bond acceptors (Lipinski definition) is 3. The number of furan rings is 1. The molecule has 0 unspecified atom stereocenters. The molecule has 0 bridgehead atoms. The first-order chi connectivity index (χ1) is 14.4. The predicted molar refractivity (Wildman–Crippen MR) is 128 cm³/mol. The molecule has 0 amide bonds. The third-order valence-corrected chi connectivity index (χ3v) is 5.95. The summed E-state index contributed by atoms with van der Waals surface area (Å²) >= 11 is 6.03. The number of benzene rings is 3. The van der Waals surface area contributed by atoms with E-state index >= 15 is 0 Å². The molecule has 0 radical (unpaired) electrons. The highest BCUT2D eigenvalue weighted by Gasteiger charge is 2.27. The number of para-hydroxylation sites is 1. The number of nitrogens with zero attached hydrogens (tertiary/aromatic N) is 1. The van der Waals surface area contributed by atoms with Crippen molar-refractivity contribution in [2.75, 3.05) is 0 Å². The van der Waals surface area contributed by atoms with Crippen LogP contribution >= 0.6 is 11.6 Å². The summed E-state index contributed by atoms with van der Waals surface area (Å²) in [6, 6.07) is 15.0. The maximum Gasteiger partial charge on any atom is 0.278 e. The number of halogens is 1. The summed E-state index contributed by atoms with van der Waals surface area (Å²) in [6.45, 7) is 13.1. The molecule has 0 aliphatic heterocycles. The van der Waals surface area contributed by atoms with Crippen molar-refractivity contribution in [3.05, 3.63) is 74.8 Å². The summed E-state index contributed by atoms with van der Waals surface area (Å²) in [5, 5.41) is 14.0. The van der Waals surface area contributed by atoms with Gasteiger partial charge in [-0.25, -0.2) is 0 Å². The molecule has 0 aliphatic rings. The molecule has 0 N–H and O–H groups in total. The fourth-order valence-corrected chi connectivity index (χ4v) is 4.15. The molecule has 0 spiro atoms. The molecule has 5 heteroatoms. The first-order valence-electron chi connectivity index (χ1n) is 10.3. The Morgan fingerprint density at radius 3 is 2.16 bits per heavy atom. The molecule has 160 valence electrons. The first-order valence-corrected chi connectivity index (χ1v) is 10.7. The average molecular weight is 436 g/mol. The zero-order valence-electron chi connectivity index (χ0n) is 18.7. The fourth-order valence-electron chi connectivity index (χ4n) is 3.99. The molecule has 31 heavy (non-hydrogen) atoms. The number of nitro groups is 1. The molecule has 0 fully saturated rings. The van der Waals surface area contributed by atoms with Gasteiger partial charge in [0.15, 0.2) is 0 Å². The monoisotopic (exact) mass is 435 g/mol. The Bertz CT molecular complexity index is 1340. The van der Waals surface area contributed by atoms with Gasteiger partial charge in [0.25, 0.3) is 5.69 Å². The maximum atomic E-state index is 11.7. The Labute approximate surface area is 187 Å². The lowest BCUT2D eigenvalue weighted by atomic mass is 9.79. The van der Waals surface area contributed by atoms with Crippen LogP contribution in [0.2, 0.25) is 5.02 Å². The van der Waals surface area contributed by atoms with Gasteiger partial charge in [0.1, 0.15) is 11.2 Å². The molecule has 0 atom stereocenters. The Balaban J connectivity index is 2.13. The number of rotatable bonds is 2. The van der Waals surface area contributed by atoms with E-state index in [1.54, 1.807) is 12.1 Å². The van der Waals surface area contributed by atoms with Crippen molar-refractivity contribution in [2.24, 2.45) is 0 Å². The fraction of sp³-hybridized carbons (Fsp3) is 0.308. The molecule has 0 aliphatic carbocycles. The Kier molecular flexibility index (Phi) is 4.90.